The minimum atomic E-state index is -3.06. The van der Waals surface area contributed by atoms with Gasteiger partial charge in [-0.1, -0.05) is 44.5 Å². The normalized spacial score (nSPS) is 11.6. The topological polar surface area (TPSA) is 80.9 Å². The Hall–Kier alpha value is -3.16. The highest BCUT2D eigenvalue weighted by Crippen LogP contribution is 2.31. The summed E-state index contributed by atoms with van der Waals surface area (Å²) in [6.45, 7) is 4.25. The molecule has 2 aromatic heterocycles. The number of rotatable bonds is 10. The Balaban J connectivity index is 1.87. The molecule has 1 aromatic carbocycles. The quantitative estimate of drug-likeness (QED) is 0.473. The van der Waals surface area contributed by atoms with Crippen LogP contribution < -0.4 is 0 Å². The van der Waals surface area contributed by atoms with Gasteiger partial charge in [0.15, 0.2) is 0 Å². The Labute approximate surface area is 180 Å². The average Bonchev–Trinajstić information content (AvgIpc) is 3.16. The second-order valence-corrected chi connectivity index (χ2v) is 7.45. The summed E-state index contributed by atoms with van der Waals surface area (Å²) >= 11 is 0. The van der Waals surface area contributed by atoms with Crippen molar-refractivity contribution in [3.05, 3.63) is 65.5 Å². The van der Waals surface area contributed by atoms with Crippen molar-refractivity contribution in [2.24, 2.45) is 0 Å². The predicted octanol–water partition coefficient (Wildman–Crippen LogP) is 5.32. The molecule has 0 bridgehead atoms. The van der Waals surface area contributed by atoms with E-state index in [-0.39, 0.29) is 18.4 Å². The number of pyridine rings is 1. The molecular weight excluding hydrogens is 402 g/mol. The highest BCUT2D eigenvalue weighted by atomic mass is 19.3. The smallest absolute Gasteiger partial charge is 0.336 e. The zero-order chi connectivity index (χ0) is 22.4. The van der Waals surface area contributed by atoms with Crippen molar-refractivity contribution in [2.75, 3.05) is 0 Å². The van der Waals surface area contributed by atoms with Gasteiger partial charge in [0.1, 0.15) is 5.82 Å². The zero-order valence-electron chi connectivity index (χ0n) is 17.7. The van der Waals surface area contributed by atoms with E-state index >= 15 is 0 Å². The first-order chi connectivity index (χ1) is 14.9. The molecule has 0 amide bonds. The lowest BCUT2D eigenvalue weighted by Gasteiger charge is -2.10. The van der Waals surface area contributed by atoms with Crippen LogP contribution in [0.25, 0.3) is 11.1 Å². The van der Waals surface area contributed by atoms with Crippen molar-refractivity contribution in [3.8, 4) is 11.1 Å². The third-order valence-corrected chi connectivity index (χ3v) is 5.00. The van der Waals surface area contributed by atoms with E-state index in [1.807, 2.05) is 6.92 Å². The molecule has 0 saturated heterocycles. The van der Waals surface area contributed by atoms with Gasteiger partial charge in [-0.15, -0.1) is 5.10 Å². The number of aromatic carboxylic acids is 1. The van der Waals surface area contributed by atoms with Crippen molar-refractivity contribution in [3.63, 3.8) is 0 Å². The van der Waals surface area contributed by atoms with E-state index in [4.69, 9.17) is 0 Å². The number of alkyl halides is 2. The van der Waals surface area contributed by atoms with Gasteiger partial charge < -0.3 is 5.11 Å². The van der Waals surface area contributed by atoms with E-state index in [2.05, 4.69) is 15.1 Å². The molecule has 0 unspecified atom stereocenters. The number of hydrogen-bond donors (Lipinski definition) is 1. The number of carboxylic acids is 1. The van der Waals surface area contributed by atoms with Crippen LogP contribution in [0.1, 0.15) is 67.2 Å². The van der Waals surface area contributed by atoms with Gasteiger partial charge in [0, 0.05) is 36.8 Å². The van der Waals surface area contributed by atoms with E-state index in [1.165, 1.54) is 0 Å². The lowest BCUT2D eigenvalue weighted by molar-refractivity contribution is -0.0232. The first-order valence-corrected chi connectivity index (χ1v) is 10.4. The van der Waals surface area contributed by atoms with Crippen LogP contribution in [-0.2, 0) is 18.9 Å². The summed E-state index contributed by atoms with van der Waals surface area (Å²) in [4.78, 5) is 20.0. The zero-order valence-corrected chi connectivity index (χ0v) is 17.7. The Morgan fingerprint density at radius 1 is 1.13 bits per heavy atom. The molecule has 0 aliphatic heterocycles. The number of carboxylic acid groups (broad SMARTS) is 1. The minimum absolute atomic E-state index is 0.194. The Bertz CT molecular complexity index is 1030. The molecule has 3 aromatic rings. The molecule has 3 rings (SSSR count). The van der Waals surface area contributed by atoms with Crippen molar-refractivity contribution >= 4 is 5.97 Å². The Kier molecular flexibility index (Phi) is 7.09. The lowest BCUT2D eigenvalue weighted by atomic mass is 10.0. The summed E-state index contributed by atoms with van der Waals surface area (Å²) in [5.41, 5.74) is 2.08. The first kappa shape index (κ1) is 22.5. The molecule has 0 fully saturated rings. The third kappa shape index (κ3) is 5.31. The number of unbranched alkanes of at least 4 members (excludes halogenated alkanes) is 1. The van der Waals surface area contributed by atoms with Crippen LogP contribution in [0.5, 0.6) is 0 Å². The van der Waals surface area contributed by atoms with Crippen molar-refractivity contribution in [2.45, 2.75) is 58.4 Å². The van der Waals surface area contributed by atoms with Gasteiger partial charge in [-0.3, -0.25) is 4.98 Å². The summed E-state index contributed by atoms with van der Waals surface area (Å²) in [5, 5.41) is 13.5. The molecule has 6 nitrogen and oxygen atoms in total. The standard InChI is InChI=1S/C23H26F2N4O2/c1-3-5-13-29-20(27-22(28-29)23(24,25)12-4-2)14-17-11-10-16(15-26-17)18-8-6-7-9-19(18)21(30)31/h6-11,15H,3-5,12-14H2,1-2H3,(H,30,31). The monoisotopic (exact) mass is 428 g/mol. The molecule has 1 N–H and O–H groups in total. The molecule has 0 aliphatic carbocycles. The van der Waals surface area contributed by atoms with Gasteiger partial charge in [-0.25, -0.2) is 14.5 Å². The van der Waals surface area contributed by atoms with Gasteiger partial charge in [-0.2, -0.15) is 8.78 Å². The van der Waals surface area contributed by atoms with Crippen LogP contribution in [0, 0.1) is 0 Å². The maximum Gasteiger partial charge on any atom is 0.336 e. The highest BCUT2D eigenvalue weighted by molar-refractivity contribution is 5.95. The van der Waals surface area contributed by atoms with Crippen LogP contribution in [0.3, 0.4) is 0 Å². The second kappa shape index (κ2) is 9.76. The van der Waals surface area contributed by atoms with E-state index in [0.717, 1.165) is 12.8 Å². The van der Waals surface area contributed by atoms with E-state index in [1.54, 1.807) is 54.2 Å². The molecule has 0 spiro atoms. The number of carbonyl (C=O) groups is 1. The molecule has 2 heterocycles. The third-order valence-electron chi connectivity index (χ3n) is 5.00. The summed E-state index contributed by atoms with van der Waals surface area (Å²) in [5.74, 6) is -4.05. The maximum atomic E-state index is 14.4. The fourth-order valence-electron chi connectivity index (χ4n) is 3.34. The maximum absolute atomic E-state index is 14.4. The summed E-state index contributed by atoms with van der Waals surface area (Å²) in [6.07, 6.45) is 3.63. The van der Waals surface area contributed by atoms with Crippen molar-refractivity contribution < 1.29 is 18.7 Å². The Morgan fingerprint density at radius 2 is 1.90 bits per heavy atom. The highest BCUT2D eigenvalue weighted by Gasteiger charge is 2.36. The molecule has 0 atom stereocenters. The molecule has 8 heteroatoms. The fourth-order valence-corrected chi connectivity index (χ4v) is 3.34. The van der Waals surface area contributed by atoms with Crippen LogP contribution in [0.2, 0.25) is 0 Å². The second-order valence-electron chi connectivity index (χ2n) is 7.45. The summed E-state index contributed by atoms with van der Waals surface area (Å²) in [7, 11) is 0. The molecule has 164 valence electrons. The molecule has 0 saturated carbocycles. The van der Waals surface area contributed by atoms with Gasteiger partial charge in [0.2, 0.25) is 5.82 Å². The number of halogens is 2. The molecule has 31 heavy (non-hydrogen) atoms. The largest absolute Gasteiger partial charge is 0.478 e. The van der Waals surface area contributed by atoms with Gasteiger partial charge in [0.05, 0.1) is 5.56 Å². The number of benzene rings is 1. The first-order valence-electron chi connectivity index (χ1n) is 10.4. The lowest BCUT2D eigenvalue weighted by Crippen LogP contribution is -2.15. The average molecular weight is 428 g/mol. The van der Waals surface area contributed by atoms with Crippen LogP contribution >= 0.6 is 0 Å². The van der Waals surface area contributed by atoms with Gasteiger partial charge in [-0.05, 0) is 30.5 Å². The molecular formula is C23H26F2N4O2. The van der Waals surface area contributed by atoms with E-state index in [0.29, 0.717) is 35.6 Å². The van der Waals surface area contributed by atoms with Crippen LogP contribution in [0.4, 0.5) is 8.78 Å². The van der Waals surface area contributed by atoms with Crippen molar-refractivity contribution in [1.29, 1.82) is 0 Å². The SMILES string of the molecule is CCCCn1nc(C(F)(F)CCC)nc1Cc1ccc(-c2ccccc2C(=O)O)cn1. The fraction of sp³-hybridized carbons (Fsp3) is 0.391. The number of aryl methyl sites for hydroxylation is 1. The van der Waals surface area contributed by atoms with Crippen LogP contribution in [0.15, 0.2) is 42.6 Å². The number of hydrogen-bond acceptors (Lipinski definition) is 4. The predicted molar refractivity (Wildman–Crippen MR) is 113 cm³/mol. The number of aromatic nitrogens is 4. The van der Waals surface area contributed by atoms with Gasteiger partial charge in [0.25, 0.3) is 0 Å². The Morgan fingerprint density at radius 3 is 2.55 bits per heavy atom. The van der Waals surface area contributed by atoms with Crippen LogP contribution in [-0.4, -0.2) is 30.8 Å². The molecule has 0 aliphatic rings. The van der Waals surface area contributed by atoms with E-state index in [9.17, 15) is 18.7 Å². The van der Waals surface area contributed by atoms with Crippen molar-refractivity contribution in [1.82, 2.24) is 19.7 Å². The minimum Gasteiger partial charge on any atom is -0.478 e. The number of nitrogens with zero attached hydrogens (tertiary/aromatic N) is 4. The summed E-state index contributed by atoms with van der Waals surface area (Å²) in [6, 6.07) is 10.2. The van der Waals surface area contributed by atoms with E-state index < -0.39 is 17.7 Å². The summed E-state index contributed by atoms with van der Waals surface area (Å²) < 4.78 is 30.3. The molecule has 0 radical (unpaired) electrons. The van der Waals surface area contributed by atoms with Gasteiger partial charge >= 0.3 is 11.9 Å².